The Morgan fingerprint density at radius 1 is 1.00 bits per heavy atom. The Hall–Kier alpha value is -1.98. The molecule has 0 N–H and O–H groups in total. The molecule has 4 nitrogen and oxygen atoms in total. The number of aryl methyl sites for hydroxylation is 1. The van der Waals surface area contributed by atoms with Gasteiger partial charge < -0.3 is 0 Å². The molecule has 1 fully saturated rings. The zero-order valence-electron chi connectivity index (χ0n) is 12.4. The second kappa shape index (κ2) is 5.34. The zero-order chi connectivity index (χ0) is 15.9. The Labute approximate surface area is 130 Å². The molecule has 0 radical (unpaired) electrons. The predicted molar refractivity (Wildman–Crippen MR) is 84.2 cm³/mol. The molecule has 1 aliphatic heterocycles. The molecule has 0 amide bonds. The van der Waals surface area contributed by atoms with E-state index in [1.807, 2.05) is 13.0 Å². The van der Waals surface area contributed by atoms with E-state index in [4.69, 9.17) is 0 Å². The third kappa shape index (κ3) is 2.46. The van der Waals surface area contributed by atoms with Crippen LogP contribution in [-0.2, 0) is 10.0 Å². The molecule has 3 unspecified atom stereocenters. The van der Waals surface area contributed by atoms with Crippen LogP contribution in [0.15, 0.2) is 59.5 Å². The monoisotopic (exact) mass is 315 g/mol. The van der Waals surface area contributed by atoms with Crippen molar-refractivity contribution in [3.8, 4) is 0 Å². The van der Waals surface area contributed by atoms with Crippen LogP contribution in [0.3, 0.4) is 0 Å². The summed E-state index contributed by atoms with van der Waals surface area (Å²) in [5.41, 5.74) is 1.54. The van der Waals surface area contributed by atoms with Crippen LogP contribution in [-0.4, -0.2) is 30.6 Å². The Kier molecular flexibility index (Phi) is 3.62. The van der Waals surface area contributed by atoms with Crippen molar-refractivity contribution in [3.05, 3.63) is 65.7 Å². The van der Waals surface area contributed by atoms with Crippen LogP contribution in [0, 0.1) is 6.92 Å². The second-order valence-electron chi connectivity index (χ2n) is 5.56. The fraction of sp³-hybridized carbons (Fsp3) is 0.235. The lowest BCUT2D eigenvalue weighted by Crippen LogP contribution is -2.19. The molecule has 2 aromatic carbocycles. The molecule has 1 aliphatic rings. The zero-order valence-corrected chi connectivity index (χ0v) is 13.2. The van der Waals surface area contributed by atoms with Crippen molar-refractivity contribution in [2.75, 3.05) is 0 Å². The van der Waals surface area contributed by atoms with Crippen molar-refractivity contribution in [2.24, 2.45) is 0 Å². The highest BCUT2D eigenvalue weighted by Crippen LogP contribution is 2.37. The van der Waals surface area contributed by atoms with E-state index >= 15 is 0 Å². The molecule has 1 heterocycles. The van der Waals surface area contributed by atoms with Crippen molar-refractivity contribution in [2.45, 2.75) is 30.8 Å². The lowest BCUT2D eigenvalue weighted by molar-refractivity contribution is 0.0981. The van der Waals surface area contributed by atoms with E-state index in [1.54, 1.807) is 55.5 Å². The maximum atomic E-state index is 12.6. The van der Waals surface area contributed by atoms with E-state index in [9.17, 15) is 13.2 Å². The molecule has 22 heavy (non-hydrogen) atoms. The molecule has 3 rings (SSSR count). The van der Waals surface area contributed by atoms with Crippen LogP contribution in [0.25, 0.3) is 0 Å². The van der Waals surface area contributed by atoms with Gasteiger partial charge in [0.25, 0.3) is 0 Å². The lowest BCUT2D eigenvalue weighted by Gasteiger charge is -2.06. The third-order valence-corrected chi connectivity index (χ3v) is 5.95. The van der Waals surface area contributed by atoms with Gasteiger partial charge in [0.2, 0.25) is 10.0 Å². The molecular formula is C17H17NO3S. The van der Waals surface area contributed by atoms with E-state index in [0.717, 1.165) is 5.56 Å². The number of hydrogen-bond donors (Lipinski definition) is 0. The summed E-state index contributed by atoms with van der Waals surface area (Å²) in [5.74, 6) is -0.149. The van der Waals surface area contributed by atoms with Crippen LogP contribution in [0.2, 0.25) is 0 Å². The van der Waals surface area contributed by atoms with Gasteiger partial charge in [-0.05, 0) is 26.0 Å². The van der Waals surface area contributed by atoms with Gasteiger partial charge in [-0.2, -0.15) is 4.31 Å². The summed E-state index contributed by atoms with van der Waals surface area (Å²) in [7, 11) is -3.62. The van der Waals surface area contributed by atoms with Gasteiger partial charge in [0.05, 0.1) is 4.90 Å². The van der Waals surface area contributed by atoms with Gasteiger partial charge in [0.15, 0.2) is 5.78 Å². The first-order valence-electron chi connectivity index (χ1n) is 7.12. The van der Waals surface area contributed by atoms with E-state index < -0.39 is 16.1 Å². The van der Waals surface area contributed by atoms with Crippen molar-refractivity contribution in [1.82, 2.24) is 4.31 Å². The van der Waals surface area contributed by atoms with Gasteiger partial charge in [0, 0.05) is 11.6 Å². The molecule has 1 saturated heterocycles. The number of hydrogen-bond acceptors (Lipinski definition) is 3. The van der Waals surface area contributed by atoms with Crippen LogP contribution in [0.4, 0.5) is 0 Å². The Morgan fingerprint density at radius 3 is 2.18 bits per heavy atom. The standard InChI is InChI=1S/C17H17NO3S/c1-12-8-10-15(11-9-12)22(20,21)18-13(2)16(18)17(19)14-6-4-3-5-7-14/h3-11,13,16H,1-2H3. The van der Waals surface area contributed by atoms with Gasteiger partial charge >= 0.3 is 0 Å². The summed E-state index contributed by atoms with van der Waals surface area (Å²) >= 11 is 0. The lowest BCUT2D eigenvalue weighted by atomic mass is 10.1. The Balaban J connectivity index is 1.87. The molecule has 0 saturated carbocycles. The van der Waals surface area contributed by atoms with E-state index in [2.05, 4.69) is 0 Å². The van der Waals surface area contributed by atoms with Crippen LogP contribution >= 0.6 is 0 Å². The molecule has 5 heteroatoms. The molecule has 0 aromatic heterocycles. The molecule has 2 aromatic rings. The van der Waals surface area contributed by atoms with Crippen LogP contribution < -0.4 is 0 Å². The summed E-state index contributed by atoms with van der Waals surface area (Å²) in [6, 6.07) is 14.6. The molecule has 0 bridgehead atoms. The van der Waals surface area contributed by atoms with Gasteiger partial charge in [-0.15, -0.1) is 0 Å². The number of Topliss-reactive ketones (excluding diaryl/α,β-unsaturated/α-hetero) is 1. The average Bonchev–Trinajstić information content (AvgIpc) is 3.20. The smallest absolute Gasteiger partial charge is 0.244 e. The highest BCUT2D eigenvalue weighted by molar-refractivity contribution is 7.89. The number of carbonyl (C=O) groups excluding carboxylic acids is 1. The number of ketones is 1. The summed E-state index contributed by atoms with van der Waals surface area (Å²) in [6.45, 7) is 3.66. The first-order chi connectivity index (χ1) is 10.4. The molecule has 114 valence electrons. The van der Waals surface area contributed by atoms with Crippen LogP contribution in [0.5, 0.6) is 0 Å². The first kappa shape index (κ1) is 14.9. The number of sulfonamides is 1. The van der Waals surface area contributed by atoms with Crippen molar-refractivity contribution in [1.29, 1.82) is 0 Å². The van der Waals surface area contributed by atoms with E-state index in [-0.39, 0.29) is 16.7 Å². The topological polar surface area (TPSA) is 54.2 Å². The summed E-state index contributed by atoms with van der Waals surface area (Å²) < 4.78 is 26.6. The summed E-state index contributed by atoms with van der Waals surface area (Å²) in [6.07, 6.45) is 0. The fourth-order valence-electron chi connectivity index (χ4n) is 2.63. The number of benzene rings is 2. The molecule has 0 aliphatic carbocycles. The average molecular weight is 315 g/mol. The van der Waals surface area contributed by atoms with Gasteiger partial charge in [-0.25, -0.2) is 8.42 Å². The number of nitrogens with zero attached hydrogens (tertiary/aromatic N) is 1. The van der Waals surface area contributed by atoms with Crippen molar-refractivity contribution < 1.29 is 13.2 Å². The quantitative estimate of drug-likeness (QED) is 0.644. The minimum Gasteiger partial charge on any atom is -0.292 e. The largest absolute Gasteiger partial charge is 0.292 e. The third-order valence-electron chi connectivity index (χ3n) is 3.97. The molecule has 0 spiro atoms. The minimum absolute atomic E-state index is 0.149. The normalized spacial score (nSPS) is 24.0. The van der Waals surface area contributed by atoms with E-state index in [1.165, 1.54) is 4.31 Å². The Morgan fingerprint density at radius 2 is 1.59 bits per heavy atom. The van der Waals surface area contributed by atoms with E-state index in [0.29, 0.717) is 5.56 Å². The summed E-state index contributed by atoms with van der Waals surface area (Å²) in [5, 5.41) is 0. The second-order valence-corrected chi connectivity index (χ2v) is 7.41. The van der Waals surface area contributed by atoms with Gasteiger partial charge in [0.1, 0.15) is 6.04 Å². The molecule has 3 atom stereocenters. The number of rotatable bonds is 4. The highest BCUT2D eigenvalue weighted by atomic mass is 32.2. The highest BCUT2D eigenvalue weighted by Gasteiger charge is 2.56. The first-order valence-corrected chi connectivity index (χ1v) is 8.56. The van der Waals surface area contributed by atoms with Gasteiger partial charge in [-0.3, -0.25) is 4.79 Å². The summed E-state index contributed by atoms with van der Waals surface area (Å²) in [4.78, 5) is 12.7. The molecular weight excluding hydrogens is 298 g/mol. The van der Waals surface area contributed by atoms with Crippen molar-refractivity contribution in [3.63, 3.8) is 0 Å². The minimum atomic E-state index is -3.62. The maximum absolute atomic E-state index is 12.6. The van der Waals surface area contributed by atoms with Gasteiger partial charge in [-0.1, -0.05) is 48.0 Å². The van der Waals surface area contributed by atoms with Crippen LogP contribution in [0.1, 0.15) is 22.8 Å². The predicted octanol–water partition coefficient (Wildman–Crippen LogP) is 2.64. The SMILES string of the molecule is Cc1ccc(S(=O)(=O)N2C(C)C2C(=O)c2ccccc2)cc1. The van der Waals surface area contributed by atoms with Crippen molar-refractivity contribution >= 4 is 15.8 Å². The number of carbonyl (C=O) groups is 1. The maximum Gasteiger partial charge on any atom is 0.244 e. The Bertz CT molecular complexity index is 798. The fourth-order valence-corrected chi connectivity index (χ4v) is 4.42.